The third kappa shape index (κ3) is 6.03. The maximum atomic E-state index is 12.2. The molecule has 0 saturated heterocycles. The highest BCUT2D eigenvalue weighted by atomic mass is 35.5. The van der Waals surface area contributed by atoms with Gasteiger partial charge in [-0.2, -0.15) is 0 Å². The first kappa shape index (κ1) is 19.8. The zero-order valence-electron chi connectivity index (χ0n) is 15.7. The first-order valence-electron chi connectivity index (χ1n) is 9.11. The van der Waals surface area contributed by atoms with Crippen molar-refractivity contribution in [1.29, 1.82) is 0 Å². The molecule has 0 aliphatic heterocycles. The molecule has 0 heterocycles. The van der Waals surface area contributed by atoms with Crippen molar-refractivity contribution in [3.8, 4) is 11.5 Å². The molecule has 0 unspecified atom stereocenters. The molecule has 3 aromatic rings. The Morgan fingerprint density at radius 2 is 1.39 bits per heavy atom. The molecule has 0 saturated carbocycles. The molecular formula is C23H22ClNO3. The van der Waals surface area contributed by atoms with Crippen LogP contribution in [-0.4, -0.2) is 12.5 Å². The maximum Gasteiger partial charge on any atom is 0.228 e. The van der Waals surface area contributed by atoms with E-state index in [1.807, 2.05) is 79.7 Å². The Morgan fingerprint density at radius 1 is 0.821 bits per heavy atom. The van der Waals surface area contributed by atoms with Crippen molar-refractivity contribution in [1.82, 2.24) is 0 Å². The standard InChI is InChI=1S/C23H22ClNO3/c1-2-27-21-11-5-17(6-12-21)15-23(26)25-20-9-13-22(14-10-20)28-16-18-3-7-19(24)8-4-18/h3-14H,2,15-16H2,1H3,(H,25,26). The number of ether oxygens (including phenoxy) is 2. The molecule has 0 aliphatic rings. The van der Waals surface area contributed by atoms with Crippen LogP contribution in [0.1, 0.15) is 18.1 Å². The highest BCUT2D eigenvalue weighted by molar-refractivity contribution is 6.30. The van der Waals surface area contributed by atoms with Gasteiger partial charge in [-0.3, -0.25) is 4.79 Å². The minimum atomic E-state index is -0.0704. The van der Waals surface area contributed by atoms with Gasteiger partial charge in [0.1, 0.15) is 18.1 Å². The summed E-state index contributed by atoms with van der Waals surface area (Å²) in [6, 6.07) is 22.4. The number of anilines is 1. The summed E-state index contributed by atoms with van der Waals surface area (Å²) in [5.74, 6) is 1.47. The zero-order chi connectivity index (χ0) is 19.8. The van der Waals surface area contributed by atoms with Crippen LogP contribution in [0.5, 0.6) is 11.5 Å². The van der Waals surface area contributed by atoms with Gasteiger partial charge in [0, 0.05) is 10.7 Å². The van der Waals surface area contributed by atoms with E-state index in [1.54, 1.807) is 0 Å². The fourth-order valence-electron chi connectivity index (χ4n) is 2.64. The minimum absolute atomic E-state index is 0.0704. The topological polar surface area (TPSA) is 47.6 Å². The Balaban J connectivity index is 1.49. The molecule has 0 fully saturated rings. The number of carbonyl (C=O) groups is 1. The summed E-state index contributed by atoms with van der Waals surface area (Å²) in [6.07, 6.45) is 0.307. The summed E-state index contributed by atoms with van der Waals surface area (Å²) in [6.45, 7) is 3.02. The van der Waals surface area contributed by atoms with Crippen molar-refractivity contribution in [2.45, 2.75) is 20.0 Å². The quantitative estimate of drug-likeness (QED) is 0.548. The number of hydrogen-bond acceptors (Lipinski definition) is 3. The van der Waals surface area contributed by atoms with Crippen LogP contribution in [0.25, 0.3) is 0 Å². The fraction of sp³-hybridized carbons (Fsp3) is 0.174. The number of rotatable bonds is 8. The molecule has 1 N–H and O–H groups in total. The van der Waals surface area contributed by atoms with Gasteiger partial charge in [-0.05, 0) is 66.6 Å². The average Bonchev–Trinajstić information content (AvgIpc) is 2.70. The molecule has 0 spiro atoms. The van der Waals surface area contributed by atoms with Gasteiger partial charge in [0.25, 0.3) is 0 Å². The molecule has 0 atom stereocenters. The van der Waals surface area contributed by atoms with Gasteiger partial charge in [0.2, 0.25) is 5.91 Å². The van der Waals surface area contributed by atoms with Crippen LogP contribution in [0.15, 0.2) is 72.8 Å². The van der Waals surface area contributed by atoms with Crippen LogP contribution in [0.3, 0.4) is 0 Å². The number of benzene rings is 3. The summed E-state index contributed by atoms with van der Waals surface area (Å²) >= 11 is 5.88. The molecule has 0 aliphatic carbocycles. The van der Waals surface area contributed by atoms with E-state index in [4.69, 9.17) is 21.1 Å². The second-order valence-corrected chi connectivity index (χ2v) is 6.68. The molecule has 3 rings (SSSR count). The van der Waals surface area contributed by atoms with Crippen LogP contribution in [0, 0.1) is 0 Å². The first-order valence-corrected chi connectivity index (χ1v) is 9.49. The van der Waals surface area contributed by atoms with E-state index in [0.717, 1.165) is 28.3 Å². The van der Waals surface area contributed by atoms with Gasteiger partial charge in [0.05, 0.1) is 13.0 Å². The lowest BCUT2D eigenvalue weighted by atomic mass is 10.1. The van der Waals surface area contributed by atoms with E-state index in [-0.39, 0.29) is 5.91 Å². The van der Waals surface area contributed by atoms with Crippen molar-refractivity contribution in [2.75, 3.05) is 11.9 Å². The normalized spacial score (nSPS) is 10.4. The van der Waals surface area contributed by atoms with Gasteiger partial charge >= 0.3 is 0 Å². The monoisotopic (exact) mass is 395 g/mol. The largest absolute Gasteiger partial charge is 0.494 e. The molecule has 5 heteroatoms. The van der Waals surface area contributed by atoms with E-state index in [1.165, 1.54) is 0 Å². The molecule has 4 nitrogen and oxygen atoms in total. The number of carbonyl (C=O) groups excluding carboxylic acids is 1. The second kappa shape index (κ2) is 9.81. The smallest absolute Gasteiger partial charge is 0.228 e. The van der Waals surface area contributed by atoms with Crippen LogP contribution < -0.4 is 14.8 Å². The van der Waals surface area contributed by atoms with E-state index in [2.05, 4.69) is 5.32 Å². The lowest BCUT2D eigenvalue weighted by Crippen LogP contribution is -2.14. The highest BCUT2D eigenvalue weighted by Crippen LogP contribution is 2.18. The zero-order valence-corrected chi connectivity index (χ0v) is 16.4. The third-order valence-electron chi connectivity index (χ3n) is 4.06. The predicted molar refractivity (Wildman–Crippen MR) is 112 cm³/mol. The maximum absolute atomic E-state index is 12.2. The summed E-state index contributed by atoms with van der Waals surface area (Å²) < 4.78 is 11.2. The van der Waals surface area contributed by atoms with E-state index in [0.29, 0.717) is 24.7 Å². The van der Waals surface area contributed by atoms with Crippen LogP contribution >= 0.6 is 11.6 Å². The summed E-state index contributed by atoms with van der Waals surface area (Å²) in [5.41, 5.74) is 2.70. The number of amides is 1. The first-order chi connectivity index (χ1) is 13.6. The average molecular weight is 396 g/mol. The molecule has 0 bridgehead atoms. The Labute approximate surface area is 170 Å². The molecule has 28 heavy (non-hydrogen) atoms. The fourth-order valence-corrected chi connectivity index (χ4v) is 2.77. The Bertz CT molecular complexity index is 891. The number of halogens is 1. The van der Waals surface area contributed by atoms with Crippen LogP contribution in [-0.2, 0) is 17.8 Å². The molecule has 144 valence electrons. The van der Waals surface area contributed by atoms with E-state index >= 15 is 0 Å². The SMILES string of the molecule is CCOc1ccc(CC(=O)Nc2ccc(OCc3ccc(Cl)cc3)cc2)cc1. The van der Waals surface area contributed by atoms with Gasteiger partial charge in [-0.25, -0.2) is 0 Å². The summed E-state index contributed by atoms with van der Waals surface area (Å²) in [5, 5.41) is 3.60. The van der Waals surface area contributed by atoms with Crippen LogP contribution in [0.2, 0.25) is 5.02 Å². The number of nitrogens with one attached hydrogen (secondary N) is 1. The molecule has 1 amide bonds. The molecule has 3 aromatic carbocycles. The molecule has 0 radical (unpaired) electrons. The lowest BCUT2D eigenvalue weighted by Gasteiger charge is -2.09. The Kier molecular flexibility index (Phi) is 6.93. The molecule has 0 aromatic heterocycles. The summed E-state index contributed by atoms with van der Waals surface area (Å²) in [4.78, 5) is 12.2. The second-order valence-electron chi connectivity index (χ2n) is 6.24. The van der Waals surface area contributed by atoms with E-state index < -0.39 is 0 Å². The highest BCUT2D eigenvalue weighted by Gasteiger charge is 2.05. The molecular weight excluding hydrogens is 374 g/mol. The Morgan fingerprint density at radius 3 is 2.04 bits per heavy atom. The lowest BCUT2D eigenvalue weighted by molar-refractivity contribution is -0.115. The van der Waals surface area contributed by atoms with Crippen molar-refractivity contribution >= 4 is 23.2 Å². The minimum Gasteiger partial charge on any atom is -0.494 e. The Hall–Kier alpha value is -2.98. The van der Waals surface area contributed by atoms with Crippen LogP contribution in [0.4, 0.5) is 5.69 Å². The summed E-state index contributed by atoms with van der Waals surface area (Å²) in [7, 11) is 0. The van der Waals surface area contributed by atoms with Crippen molar-refractivity contribution in [3.63, 3.8) is 0 Å². The van der Waals surface area contributed by atoms with Crippen molar-refractivity contribution < 1.29 is 14.3 Å². The van der Waals surface area contributed by atoms with Gasteiger partial charge in [-0.15, -0.1) is 0 Å². The van der Waals surface area contributed by atoms with Crippen molar-refractivity contribution in [2.24, 2.45) is 0 Å². The predicted octanol–water partition coefficient (Wildman–Crippen LogP) is 5.50. The van der Waals surface area contributed by atoms with E-state index in [9.17, 15) is 4.79 Å². The van der Waals surface area contributed by atoms with Gasteiger partial charge in [-0.1, -0.05) is 35.9 Å². The number of hydrogen-bond donors (Lipinski definition) is 1. The third-order valence-corrected chi connectivity index (χ3v) is 4.31. The van der Waals surface area contributed by atoms with Gasteiger partial charge < -0.3 is 14.8 Å². The van der Waals surface area contributed by atoms with Crippen molar-refractivity contribution in [3.05, 3.63) is 88.9 Å². The van der Waals surface area contributed by atoms with Gasteiger partial charge in [0.15, 0.2) is 0 Å².